The van der Waals surface area contributed by atoms with Gasteiger partial charge < -0.3 is 5.73 Å². The molecule has 0 aliphatic heterocycles. The minimum atomic E-state index is -0.243. The molecule has 3 N–H and O–H groups in total. The SMILES string of the molecule is Cc1c(F)cccc1C=NNc1nc(N)cs1. The Kier molecular flexibility index (Phi) is 3.34. The topological polar surface area (TPSA) is 63.3 Å². The van der Waals surface area contributed by atoms with E-state index < -0.39 is 0 Å². The van der Waals surface area contributed by atoms with Crippen molar-refractivity contribution in [2.45, 2.75) is 6.92 Å². The zero-order chi connectivity index (χ0) is 12.3. The number of anilines is 2. The molecular formula is C11H11FN4S. The minimum Gasteiger partial charge on any atom is -0.383 e. The molecule has 4 nitrogen and oxygen atoms in total. The van der Waals surface area contributed by atoms with Gasteiger partial charge in [0.1, 0.15) is 11.6 Å². The summed E-state index contributed by atoms with van der Waals surface area (Å²) in [5.74, 6) is 0.210. The van der Waals surface area contributed by atoms with Crippen molar-refractivity contribution in [1.82, 2.24) is 4.98 Å². The maximum atomic E-state index is 13.2. The molecule has 0 fully saturated rings. The molecule has 0 saturated heterocycles. The number of hydrazone groups is 1. The van der Waals surface area contributed by atoms with E-state index in [2.05, 4.69) is 15.5 Å². The standard InChI is InChI=1S/C11H11FN4S/c1-7-8(3-2-4-9(7)12)5-14-16-11-15-10(13)6-17-11/h2-6H,13H2,1H3,(H,15,16). The fraction of sp³-hybridized carbons (Fsp3) is 0.0909. The van der Waals surface area contributed by atoms with Crippen LogP contribution in [0.5, 0.6) is 0 Å². The van der Waals surface area contributed by atoms with Gasteiger partial charge in [-0.05, 0) is 18.6 Å². The molecule has 1 aromatic carbocycles. The molecule has 0 atom stereocenters. The molecule has 0 radical (unpaired) electrons. The summed E-state index contributed by atoms with van der Waals surface area (Å²) in [6.45, 7) is 1.71. The van der Waals surface area contributed by atoms with Gasteiger partial charge in [-0.2, -0.15) is 5.10 Å². The first kappa shape index (κ1) is 11.5. The number of aromatic nitrogens is 1. The molecule has 2 rings (SSSR count). The van der Waals surface area contributed by atoms with E-state index in [0.717, 1.165) is 5.56 Å². The second kappa shape index (κ2) is 4.92. The molecule has 1 heterocycles. The quantitative estimate of drug-likeness (QED) is 0.650. The largest absolute Gasteiger partial charge is 0.383 e. The smallest absolute Gasteiger partial charge is 0.205 e. The van der Waals surface area contributed by atoms with Crippen molar-refractivity contribution in [1.29, 1.82) is 0 Å². The van der Waals surface area contributed by atoms with Gasteiger partial charge in [-0.25, -0.2) is 9.37 Å². The van der Waals surface area contributed by atoms with Crippen molar-refractivity contribution in [2.24, 2.45) is 5.10 Å². The first-order valence-corrected chi connectivity index (χ1v) is 5.80. The molecule has 0 unspecified atom stereocenters. The van der Waals surface area contributed by atoms with Crippen LogP contribution in [0, 0.1) is 12.7 Å². The Bertz CT molecular complexity index is 550. The molecule has 2 aromatic rings. The lowest BCUT2D eigenvalue weighted by molar-refractivity contribution is 0.618. The molecule has 1 aromatic heterocycles. The van der Waals surface area contributed by atoms with E-state index >= 15 is 0 Å². The number of nitrogens with two attached hydrogens (primary N) is 1. The molecule has 0 aliphatic rings. The zero-order valence-corrected chi connectivity index (χ0v) is 9.96. The molecule has 0 bridgehead atoms. The summed E-state index contributed by atoms with van der Waals surface area (Å²) in [6, 6.07) is 4.85. The Labute approximate surface area is 102 Å². The number of halogens is 1. The molecule has 6 heteroatoms. The number of nitrogens with zero attached hydrogens (tertiary/aromatic N) is 2. The van der Waals surface area contributed by atoms with Gasteiger partial charge in [0.15, 0.2) is 0 Å². The Morgan fingerprint density at radius 2 is 2.35 bits per heavy atom. The number of hydrogen-bond acceptors (Lipinski definition) is 5. The Balaban J connectivity index is 2.08. The molecule has 0 saturated carbocycles. The van der Waals surface area contributed by atoms with Crippen LogP contribution in [0.1, 0.15) is 11.1 Å². The molecule has 0 amide bonds. The first-order chi connectivity index (χ1) is 8.16. The van der Waals surface area contributed by atoms with Crippen LogP contribution in [-0.4, -0.2) is 11.2 Å². The van der Waals surface area contributed by atoms with Gasteiger partial charge in [0, 0.05) is 10.9 Å². The third-order valence-electron chi connectivity index (χ3n) is 2.20. The first-order valence-electron chi connectivity index (χ1n) is 4.92. The van der Waals surface area contributed by atoms with Crippen LogP contribution in [0.4, 0.5) is 15.3 Å². The number of hydrogen-bond donors (Lipinski definition) is 2. The van der Waals surface area contributed by atoms with Crippen LogP contribution in [0.2, 0.25) is 0 Å². The van der Waals surface area contributed by atoms with E-state index in [0.29, 0.717) is 16.5 Å². The van der Waals surface area contributed by atoms with Crippen LogP contribution in [-0.2, 0) is 0 Å². The Hall–Kier alpha value is -1.95. The average Bonchev–Trinajstić information content (AvgIpc) is 2.70. The Morgan fingerprint density at radius 3 is 3.06 bits per heavy atom. The van der Waals surface area contributed by atoms with Crippen LogP contribution in [0.15, 0.2) is 28.7 Å². The number of rotatable bonds is 3. The van der Waals surface area contributed by atoms with E-state index in [-0.39, 0.29) is 5.82 Å². The van der Waals surface area contributed by atoms with Crippen molar-refractivity contribution in [2.75, 3.05) is 11.2 Å². The lowest BCUT2D eigenvalue weighted by Gasteiger charge is -2.00. The molecule has 88 valence electrons. The fourth-order valence-corrected chi connectivity index (χ4v) is 1.81. The van der Waals surface area contributed by atoms with Crippen LogP contribution in [0.25, 0.3) is 0 Å². The number of thiazole rings is 1. The van der Waals surface area contributed by atoms with E-state index in [1.807, 2.05) is 0 Å². The zero-order valence-electron chi connectivity index (χ0n) is 9.14. The highest BCUT2D eigenvalue weighted by Gasteiger charge is 2.00. The number of nitrogen functional groups attached to an aromatic ring is 1. The predicted molar refractivity (Wildman–Crippen MR) is 68.9 cm³/mol. The highest BCUT2D eigenvalue weighted by molar-refractivity contribution is 7.14. The molecular weight excluding hydrogens is 239 g/mol. The maximum Gasteiger partial charge on any atom is 0.205 e. The summed E-state index contributed by atoms with van der Waals surface area (Å²) in [4.78, 5) is 3.98. The molecule has 0 spiro atoms. The second-order valence-electron chi connectivity index (χ2n) is 3.40. The number of nitrogens with one attached hydrogen (secondary N) is 1. The minimum absolute atomic E-state index is 0.243. The summed E-state index contributed by atoms with van der Waals surface area (Å²) in [7, 11) is 0. The summed E-state index contributed by atoms with van der Waals surface area (Å²) >= 11 is 1.36. The van der Waals surface area contributed by atoms with Gasteiger partial charge in [0.25, 0.3) is 0 Å². The lowest BCUT2D eigenvalue weighted by atomic mass is 10.1. The Morgan fingerprint density at radius 1 is 1.53 bits per heavy atom. The van der Waals surface area contributed by atoms with Crippen molar-refractivity contribution >= 4 is 28.5 Å². The third kappa shape index (κ3) is 2.79. The van der Waals surface area contributed by atoms with Gasteiger partial charge in [0.2, 0.25) is 5.13 Å². The van der Waals surface area contributed by atoms with Gasteiger partial charge in [-0.15, -0.1) is 11.3 Å². The summed E-state index contributed by atoms with van der Waals surface area (Å²) in [5, 5.41) is 6.30. The van der Waals surface area contributed by atoms with E-state index in [1.54, 1.807) is 30.7 Å². The normalized spacial score (nSPS) is 10.9. The van der Waals surface area contributed by atoms with Crippen LogP contribution in [0.3, 0.4) is 0 Å². The third-order valence-corrected chi connectivity index (χ3v) is 2.96. The predicted octanol–water partition coefficient (Wildman–Crippen LogP) is 2.62. The summed E-state index contributed by atoms with van der Waals surface area (Å²) in [6.07, 6.45) is 1.55. The van der Waals surface area contributed by atoms with Crippen LogP contribution < -0.4 is 11.2 Å². The molecule has 17 heavy (non-hydrogen) atoms. The summed E-state index contributed by atoms with van der Waals surface area (Å²) in [5.41, 5.74) is 9.49. The van der Waals surface area contributed by atoms with Gasteiger partial charge in [0.05, 0.1) is 6.21 Å². The van der Waals surface area contributed by atoms with Crippen LogP contribution >= 0.6 is 11.3 Å². The van der Waals surface area contributed by atoms with E-state index in [4.69, 9.17) is 5.73 Å². The summed E-state index contributed by atoms with van der Waals surface area (Å²) < 4.78 is 13.2. The highest BCUT2D eigenvalue weighted by atomic mass is 32.1. The highest BCUT2D eigenvalue weighted by Crippen LogP contribution is 2.16. The monoisotopic (exact) mass is 250 g/mol. The van der Waals surface area contributed by atoms with Crippen molar-refractivity contribution in [3.05, 3.63) is 40.5 Å². The maximum absolute atomic E-state index is 13.2. The van der Waals surface area contributed by atoms with Crippen molar-refractivity contribution < 1.29 is 4.39 Å². The van der Waals surface area contributed by atoms with Crippen molar-refractivity contribution in [3.8, 4) is 0 Å². The van der Waals surface area contributed by atoms with E-state index in [1.165, 1.54) is 17.4 Å². The van der Waals surface area contributed by atoms with E-state index in [9.17, 15) is 4.39 Å². The number of benzene rings is 1. The second-order valence-corrected chi connectivity index (χ2v) is 4.26. The van der Waals surface area contributed by atoms with Gasteiger partial charge >= 0.3 is 0 Å². The lowest BCUT2D eigenvalue weighted by Crippen LogP contribution is -1.94. The molecule has 0 aliphatic carbocycles. The van der Waals surface area contributed by atoms with Gasteiger partial charge in [-0.1, -0.05) is 12.1 Å². The average molecular weight is 250 g/mol. The fourth-order valence-electron chi connectivity index (χ4n) is 1.26. The van der Waals surface area contributed by atoms with Gasteiger partial charge in [-0.3, -0.25) is 5.43 Å². The van der Waals surface area contributed by atoms with Crippen molar-refractivity contribution in [3.63, 3.8) is 0 Å².